The number of benzene rings is 2. The summed E-state index contributed by atoms with van der Waals surface area (Å²) in [4.78, 5) is 29.6. The van der Waals surface area contributed by atoms with Crippen molar-refractivity contribution in [2.75, 3.05) is 44.2 Å². The molecule has 2 saturated heterocycles. The van der Waals surface area contributed by atoms with E-state index in [9.17, 15) is 9.59 Å². The van der Waals surface area contributed by atoms with Crippen LogP contribution in [0.25, 0.3) is 0 Å². The predicted molar refractivity (Wildman–Crippen MR) is 122 cm³/mol. The van der Waals surface area contributed by atoms with E-state index in [4.69, 9.17) is 14.2 Å². The molecule has 0 N–H and O–H groups in total. The molecule has 2 aromatic rings. The SMILES string of the molecule is COc1cccc(N2CC(C(=O)N3CCSC(c4ccc5c(c4)OCO5)CC3)CC2=O)c1. The Balaban J connectivity index is 1.23. The molecule has 2 unspecified atom stereocenters. The number of thioether (sulfide) groups is 1. The van der Waals surface area contributed by atoms with Crippen molar-refractivity contribution in [2.24, 2.45) is 5.92 Å². The Bertz CT molecular complexity index is 1030. The highest BCUT2D eigenvalue weighted by Crippen LogP contribution is 2.40. The summed E-state index contributed by atoms with van der Waals surface area (Å²) in [6, 6.07) is 13.5. The largest absolute Gasteiger partial charge is 0.497 e. The third kappa shape index (κ3) is 4.11. The fraction of sp³-hybridized carbons (Fsp3) is 0.417. The fourth-order valence-electron chi connectivity index (χ4n) is 4.53. The van der Waals surface area contributed by atoms with Gasteiger partial charge in [-0.1, -0.05) is 12.1 Å². The molecule has 8 heteroatoms. The summed E-state index contributed by atoms with van der Waals surface area (Å²) in [5.74, 6) is 2.91. The first kappa shape index (κ1) is 21.0. The summed E-state index contributed by atoms with van der Waals surface area (Å²) in [6.45, 7) is 2.08. The van der Waals surface area contributed by atoms with Gasteiger partial charge in [0.2, 0.25) is 18.6 Å². The first-order valence-corrected chi connectivity index (χ1v) is 11.9. The average molecular weight is 455 g/mol. The summed E-state index contributed by atoms with van der Waals surface area (Å²) in [5, 5.41) is 0.306. The molecule has 2 aromatic carbocycles. The fourth-order valence-corrected chi connectivity index (χ4v) is 5.75. The van der Waals surface area contributed by atoms with Gasteiger partial charge in [0.15, 0.2) is 11.5 Å². The minimum atomic E-state index is -0.305. The standard InChI is InChI=1S/C24H26N2O5S/c1-29-19-4-2-3-18(13-19)26-14-17(12-23(26)27)24(28)25-8-7-22(32-10-9-25)16-5-6-20-21(11-16)31-15-30-20/h2-6,11,13,17,22H,7-10,12,14-15H2,1H3. The Morgan fingerprint density at radius 1 is 1.12 bits per heavy atom. The zero-order chi connectivity index (χ0) is 22.1. The van der Waals surface area contributed by atoms with Gasteiger partial charge < -0.3 is 24.0 Å². The van der Waals surface area contributed by atoms with E-state index in [-0.39, 0.29) is 30.9 Å². The lowest BCUT2D eigenvalue weighted by Crippen LogP contribution is -2.38. The Hall–Kier alpha value is -2.87. The quantitative estimate of drug-likeness (QED) is 0.705. The van der Waals surface area contributed by atoms with Gasteiger partial charge in [0.25, 0.3) is 0 Å². The molecule has 0 saturated carbocycles. The number of ether oxygens (including phenoxy) is 3. The van der Waals surface area contributed by atoms with Crippen LogP contribution in [0.4, 0.5) is 5.69 Å². The lowest BCUT2D eigenvalue weighted by Gasteiger charge is -2.24. The molecule has 2 atom stereocenters. The van der Waals surface area contributed by atoms with E-state index in [2.05, 4.69) is 12.1 Å². The predicted octanol–water partition coefficient (Wildman–Crippen LogP) is 3.48. The molecule has 5 rings (SSSR count). The first-order chi connectivity index (χ1) is 15.6. The maximum atomic E-state index is 13.3. The van der Waals surface area contributed by atoms with Crippen molar-refractivity contribution in [3.05, 3.63) is 48.0 Å². The average Bonchev–Trinajstić information content (AvgIpc) is 3.37. The number of fused-ring (bicyclic) bond motifs is 1. The topological polar surface area (TPSA) is 68.3 Å². The molecule has 3 heterocycles. The van der Waals surface area contributed by atoms with Gasteiger partial charge in [-0.25, -0.2) is 0 Å². The summed E-state index contributed by atoms with van der Waals surface area (Å²) >= 11 is 1.87. The van der Waals surface area contributed by atoms with Crippen LogP contribution in [0.2, 0.25) is 0 Å². The Morgan fingerprint density at radius 3 is 2.88 bits per heavy atom. The van der Waals surface area contributed by atoms with Crippen LogP contribution in [0.1, 0.15) is 23.7 Å². The van der Waals surface area contributed by atoms with E-state index in [0.717, 1.165) is 29.4 Å². The van der Waals surface area contributed by atoms with Gasteiger partial charge >= 0.3 is 0 Å². The second-order valence-corrected chi connectivity index (χ2v) is 9.50. The molecular weight excluding hydrogens is 428 g/mol. The minimum absolute atomic E-state index is 0.0148. The van der Waals surface area contributed by atoms with Crippen molar-refractivity contribution >= 4 is 29.3 Å². The molecule has 3 aliphatic rings. The zero-order valence-corrected chi connectivity index (χ0v) is 18.8. The van der Waals surface area contributed by atoms with Crippen molar-refractivity contribution in [2.45, 2.75) is 18.1 Å². The number of rotatable bonds is 4. The summed E-state index contributed by atoms with van der Waals surface area (Å²) in [6.07, 6.45) is 1.13. The maximum absolute atomic E-state index is 13.3. The van der Waals surface area contributed by atoms with Crippen LogP contribution in [0.15, 0.2) is 42.5 Å². The Labute approximate surface area is 191 Å². The smallest absolute Gasteiger partial charge is 0.231 e. The highest BCUT2D eigenvalue weighted by atomic mass is 32.2. The Kier molecular flexibility index (Phi) is 5.87. The van der Waals surface area contributed by atoms with Crippen molar-refractivity contribution in [3.8, 4) is 17.2 Å². The highest BCUT2D eigenvalue weighted by molar-refractivity contribution is 7.99. The normalized spacial score (nSPS) is 22.7. The van der Waals surface area contributed by atoms with Gasteiger partial charge in [0, 0.05) is 48.8 Å². The molecule has 0 spiro atoms. The van der Waals surface area contributed by atoms with E-state index in [1.165, 1.54) is 5.56 Å². The molecule has 7 nitrogen and oxygen atoms in total. The number of carbonyl (C=O) groups is 2. The lowest BCUT2D eigenvalue weighted by atomic mass is 10.1. The van der Waals surface area contributed by atoms with Crippen LogP contribution in [-0.2, 0) is 9.59 Å². The maximum Gasteiger partial charge on any atom is 0.231 e. The van der Waals surface area contributed by atoms with Crippen LogP contribution in [0.3, 0.4) is 0 Å². The van der Waals surface area contributed by atoms with Gasteiger partial charge in [-0.15, -0.1) is 0 Å². The van der Waals surface area contributed by atoms with Crippen LogP contribution < -0.4 is 19.1 Å². The van der Waals surface area contributed by atoms with E-state index >= 15 is 0 Å². The Morgan fingerprint density at radius 2 is 2.00 bits per heavy atom. The van der Waals surface area contributed by atoms with Gasteiger partial charge in [-0.2, -0.15) is 11.8 Å². The molecular formula is C24H26N2O5S. The van der Waals surface area contributed by atoms with Crippen molar-refractivity contribution in [3.63, 3.8) is 0 Å². The van der Waals surface area contributed by atoms with Crippen LogP contribution >= 0.6 is 11.8 Å². The number of methoxy groups -OCH3 is 1. The molecule has 168 valence electrons. The number of anilines is 1. The third-order valence-electron chi connectivity index (χ3n) is 6.26. The molecule has 0 radical (unpaired) electrons. The van der Waals surface area contributed by atoms with Gasteiger partial charge in [-0.05, 0) is 36.2 Å². The number of hydrogen-bond acceptors (Lipinski definition) is 6. The monoisotopic (exact) mass is 454 g/mol. The lowest BCUT2D eigenvalue weighted by molar-refractivity contribution is -0.135. The van der Waals surface area contributed by atoms with Crippen molar-refractivity contribution in [1.82, 2.24) is 4.90 Å². The number of nitrogens with zero attached hydrogens (tertiary/aromatic N) is 2. The second kappa shape index (κ2) is 8.94. The third-order valence-corrected chi connectivity index (χ3v) is 7.59. The highest BCUT2D eigenvalue weighted by Gasteiger charge is 2.38. The van der Waals surface area contributed by atoms with Crippen LogP contribution in [-0.4, -0.2) is 56.0 Å². The van der Waals surface area contributed by atoms with Gasteiger partial charge in [0.1, 0.15) is 5.75 Å². The minimum Gasteiger partial charge on any atom is -0.497 e. The molecule has 0 bridgehead atoms. The first-order valence-electron chi connectivity index (χ1n) is 10.9. The van der Waals surface area contributed by atoms with Gasteiger partial charge in [-0.3, -0.25) is 9.59 Å². The summed E-state index contributed by atoms with van der Waals surface area (Å²) in [5.41, 5.74) is 1.98. The molecule has 3 aliphatic heterocycles. The summed E-state index contributed by atoms with van der Waals surface area (Å²) in [7, 11) is 1.60. The van der Waals surface area contributed by atoms with E-state index < -0.39 is 0 Å². The van der Waals surface area contributed by atoms with E-state index in [1.54, 1.807) is 12.0 Å². The molecule has 0 aromatic heterocycles. The van der Waals surface area contributed by atoms with Crippen molar-refractivity contribution < 1.29 is 23.8 Å². The second-order valence-electron chi connectivity index (χ2n) is 8.19. The van der Waals surface area contributed by atoms with Crippen molar-refractivity contribution in [1.29, 1.82) is 0 Å². The number of carbonyl (C=O) groups excluding carboxylic acids is 2. The summed E-state index contributed by atoms with van der Waals surface area (Å²) < 4.78 is 16.2. The number of amides is 2. The van der Waals surface area contributed by atoms with E-state index in [0.29, 0.717) is 30.6 Å². The van der Waals surface area contributed by atoms with Crippen LogP contribution in [0, 0.1) is 5.92 Å². The van der Waals surface area contributed by atoms with E-state index in [1.807, 2.05) is 47.0 Å². The molecule has 2 amide bonds. The zero-order valence-electron chi connectivity index (χ0n) is 18.0. The van der Waals surface area contributed by atoms with Gasteiger partial charge in [0.05, 0.1) is 13.0 Å². The molecule has 0 aliphatic carbocycles. The molecule has 2 fully saturated rings. The number of hydrogen-bond donors (Lipinski definition) is 0. The molecule has 32 heavy (non-hydrogen) atoms. The van der Waals surface area contributed by atoms with Crippen LogP contribution in [0.5, 0.6) is 17.2 Å².